The van der Waals surface area contributed by atoms with Crippen molar-refractivity contribution < 1.29 is 59.2 Å². The molecule has 2 aliphatic carbocycles. The van der Waals surface area contributed by atoms with E-state index in [1.54, 1.807) is 0 Å². The van der Waals surface area contributed by atoms with Gasteiger partial charge in [-0.25, -0.2) is 0 Å². The predicted molar refractivity (Wildman–Crippen MR) is 112 cm³/mol. The molecule has 31 heavy (non-hydrogen) atoms. The summed E-state index contributed by atoms with van der Waals surface area (Å²) >= 11 is 0. The summed E-state index contributed by atoms with van der Waals surface area (Å²) in [6.07, 6.45) is 6.75. The summed E-state index contributed by atoms with van der Waals surface area (Å²) in [4.78, 5) is 23.1. The Morgan fingerprint density at radius 1 is 1.26 bits per heavy atom. The van der Waals surface area contributed by atoms with Crippen LogP contribution in [0.25, 0.3) is 0 Å². The molecule has 2 N–H and O–H groups in total. The summed E-state index contributed by atoms with van der Waals surface area (Å²) < 4.78 is 5.99. The van der Waals surface area contributed by atoms with Gasteiger partial charge in [0.2, 0.25) is 0 Å². The van der Waals surface area contributed by atoms with Crippen molar-refractivity contribution in [3.05, 3.63) is 23.8 Å². The van der Waals surface area contributed by atoms with E-state index < -0.39 is 24.6 Å². The molecule has 2 aliphatic rings. The van der Waals surface area contributed by atoms with E-state index in [9.17, 15) is 24.9 Å². The number of esters is 1. The molecule has 0 spiro atoms. The Bertz CT molecular complexity index is 660. The second-order valence-corrected chi connectivity index (χ2v) is 9.27. The van der Waals surface area contributed by atoms with Crippen LogP contribution < -0.4 is 34.7 Å². The smallest absolute Gasteiger partial charge is 0.550 e. The van der Waals surface area contributed by atoms with Gasteiger partial charge in [-0.1, -0.05) is 45.9 Å². The van der Waals surface area contributed by atoms with Crippen molar-refractivity contribution in [2.75, 3.05) is 0 Å². The molecule has 0 aromatic rings. The Balaban J connectivity index is 0.00000480. The molecule has 0 radical (unpaired) electrons. The van der Waals surface area contributed by atoms with Crippen LogP contribution in [-0.4, -0.2) is 40.5 Å². The predicted octanol–water partition coefficient (Wildman–Crippen LogP) is -0.615. The SMILES string of the molecule is CC[C@H](C)C(=O)O[C@H]1C[C@@H](C)C=C2C=C[C@H](C)[C@H](CC[C@@H](O)C[C@@H](O)CC(=O)[O-])[C@H]21.[Na+]. The summed E-state index contributed by atoms with van der Waals surface area (Å²) in [7, 11) is 0. The van der Waals surface area contributed by atoms with Gasteiger partial charge in [0.25, 0.3) is 0 Å². The van der Waals surface area contributed by atoms with Crippen molar-refractivity contribution >= 4 is 11.9 Å². The number of carboxylic acid groups (broad SMARTS) is 1. The molecule has 0 fully saturated rings. The number of allylic oxidation sites excluding steroid dienone is 3. The quantitative estimate of drug-likeness (QED) is 0.344. The van der Waals surface area contributed by atoms with E-state index in [2.05, 4.69) is 32.1 Å². The van der Waals surface area contributed by atoms with Crippen LogP contribution in [0.1, 0.15) is 66.2 Å². The zero-order valence-corrected chi connectivity index (χ0v) is 21.6. The Hall–Kier alpha value is -0.660. The normalized spacial score (nSPS) is 30.3. The van der Waals surface area contributed by atoms with E-state index in [0.29, 0.717) is 18.8 Å². The molecule has 0 aromatic heterocycles. The number of ether oxygens (including phenoxy) is 1. The first-order valence-corrected chi connectivity index (χ1v) is 11.3. The number of carbonyl (C=O) groups excluding carboxylic acids is 2. The Kier molecular flexibility index (Phi) is 12.0. The number of aliphatic hydroxyl groups is 2. The standard InChI is InChI=1S/C24H38O6.Na/c1-5-15(3)24(29)30-21-11-14(2)10-17-7-6-16(4)20(23(17)21)9-8-18(25)12-19(26)13-22(27)28;/h6-7,10,14-16,18-21,23,25-26H,5,8-9,11-13H2,1-4H3,(H,27,28);/q;+1/p-1/t14-,15-,16-,18+,19+,20-,21-,23-;/m0./s1. The topological polar surface area (TPSA) is 107 Å². The van der Waals surface area contributed by atoms with Gasteiger partial charge in [-0.15, -0.1) is 0 Å². The molecule has 2 rings (SSSR count). The first-order valence-electron chi connectivity index (χ1n) is 11.3. The summed E-state index contributed by atoms with van der Waals surface area (Å²) in [6, 6.07) is 0. The van der Waals surface area contributed by atoms with Crippen LogP contribution in [0.3, 0.4) is 0 Å². The van der Waals surface area contributed by atoms with Gasteiger partial charge in [0, 0.05) is 18.3 Å². The number of aliphatic hydroxyl groups excluding tert-OH is 2. The fourth-order valence-electron chi connectivity index (χ4n) is 4.75. The van der Waals surface area contributed by atoms with Crippen LogP contribution >= 0.6 is 0 Å². The van der Waals surface area contributed by atoms with Crippen molar-refractivity contribution in [3.63, 3.8) is 0 Å². The third-order valence-electron chi connectivity index (χ3n) is 6.66. The molecule has 7 heteroatoms. The number of hydrogen-bond donors (Lipinski definition) is 2. The molecule has 0 aliphatic heterocycles. The minimum absolute atomic E-state index is 0. The minimum Gasteiger partial charge on any atom is -0.550 e. The largest absolute Gasteiger partial charge is 1.00 e. The number of aliphatic carboxylic acids is 1. The monoisotopic (exact) mass is 444 g/mol. The first-order chi connectivity index (χ1) is 14.1. The number of hydrogen-bond acceptors (Lipinski definition) is 6. The number of carbonyl (C=O) groups is 2. The van der Waals surface area contributed by atoms with E-state index in [1.807, 2.05) is 13.8 Å². The van der Waals surface area contributed by atoms with E-state index in [-0.39, 0.29) is 71.7 Å². The summed E-state index contributed by atoms with van der Waals surface area (Å²) in [5, 5.41) is 30.7. The average molecular weight is 445 g/mol. The zero-order valence-electron chi connectivity index (χ0n) is 19.6. The summed E-state index contributed by atoms with van der Waals surface area (Å²) in [6.45, 7) is 8.14. The molecule has 170 valence electrons. The molecule has 8 atom stereocenters. The number of rotatable bonds is 10. The average Bonchev–Trinajstić information content (AvgIpc) is 2.65. The maximum Gasteiger partial charge on any atom is 1.00 e. The van der Waals surface area contributed by atoms with E-state index in [1.165, 1.54) is 5.57 Å². The van der Waals surface area contributed by atoms with Crippen molar-refractivity contribution in [3.8, 4) is 0 Å². The Morgan fingerprint density at radius 2 is 1.94 bits per heavy atom. The molecule has 0 amide bonds. The molecule has 0 bridgehead atoms. The van der Waals surface area contributed by atoms with Crippen LogP contribution in [0.15, 0.2) is 23.8 Å². The van der Waals surface area contributed by atoms with Crippen molar-refractivity contribution in [1.29, 1.82) is 0 Å². The van der Waals surface area contributed by atoms with E-state index in [0.717, 1.165) is 12.8 Å². The molecule has 6 nitrogen and oxygen atoms in total. The minimum atomic E-state index is -1.32. The van der Waals surface area contributed by atoms with Gasteiger partial charge in [0.05, 0.1) is 18.1 Å². The van der Waals surface area contributed by atoms with Crippen LogP contribution in [-0.2, 0) is 14.3 Å². The maximum atomic E-state index is 12.5. The van der Waals surface area contributed by atoms with Crippen molar-refractivity contribution in [1.82, 2.24) is 0 Å². The summed E-state index contributed by atoms with van der Waals surface area (Å²) in [5.74, 6) is -0.705. The van der Waals surface area contributed by atoms with Gasteiger partial charge in [0.1, 0.15) is 6.10 Å². The van der Waals surface area contributed by atoms with Gasteiger partial charge in [-0.3, -0.25) is 4.79 Å². The fourth-order valence-corrected chi connectivity index (χ4v) is 4.75. The third-order valence-corrected chi connectivity index (χ3v) is 6.66. The molecule has 0 heterocycles. The van der Waals surface area contributed by atoms with E-state index >= 15 is 0 Å². The second kappa shape index (κ2) is 13.1. The number of fused-ring (bicyclic) bond motifs is 1. The first kappa shape index (κ1) is 28.4. The van der Waals surface area contributed by atoms with Crippen LogP contribution in [0.5, 0.6) is 0 Å². The van der Waals surface area contributed by atoms with Crippen LogP contribution in [0, 0.1) is 29.6 Å². The molecule has 0 saturated carbocycles. The van der Waals surface area contributed by atoms with Crippen LogP contribution in [0.2, 0.25) is 0 Å². The fraction of sp³-hybridized carbons (Fsp3) is 0.750. The molecule has 0 saturated heterocycles. The van der Waals surface area contributed by atoms with Gasteiger partial charge in [0.15, 0.2) is 0 Å². The van der Waals surface area contributed by atoms with Crippen molar-refractivity contribution in [2.45, 2.75) is 84.5 Å². The van der Waals surface area contributed by atoms with Gasteiger partial charge >= 0.3 is 35.5 Å². The Morgan fingerprint density at radius 3 is 2.55 bits per heavy atom. The van der Waals surface area contributed by atoms with Gasteiger partial charge in [-0.2, -0.15) is 0 Å². The van der Waals surface area contributed by atoms with E-state index in [4.69, 9.17) is 4.74 Å². The summed E-state index contributed by atoms with van der Waals surface area (Å²) in [5.41, 5.74) is 1.20. The Labute approximate surface area is 208 Å². The number of carboxylic acids is 1. The van der Waals surface area contributed by atoms with Gasteiger partial charge in [-0.05, 0) is 55.4 Å². The second-order valence-electron chi connectivity index (χ2n) is 9.27. The molecular formula is C24H37NaO6. The van der Waals surface area contributed by atoms with Crippen molar-refractivity contribution in [2.24, 2.45) is 29.6 Å². The van der Waals surface area contributed by atoms with Crippen LogP contribution in [0.4, 0.5) is 0 Å². The van der Waals surface area contributed by atoms with Gasteiger partial charge < -0.3 is 24.9 Å². The zero-order chi connectivity index (χ0) is 22.4. The third kappa shape index (κ3) is 8.32. The molecule has 0 aromatic carbocycles. The molecule has 0 unspecified atom stereocenters. The molecular weight excluding hydrogens is 407 g/mol. The maximum absolute atomic E-state index is 12.5.